The Kier molecular flexibility index (Phi) is 6.21. The average molecular weight is 434 g/mol. The quantitative estimate of drug-likeness (QED) is 0.717. The van der Waals surface area contributed by atoms with Gasteiger partial charge in [-0.1, -0.05) is 6.07 Å². The van der Waals surface area contributed by atoms with E-state index in [0.717, 1.165) is 12.8 Å². The first-order valence-corrected chi connectivity index (χ1v) is 9.52. The standard InChI is InChI=1S/C17H21FN2O3.C2HF3O2/c18-16(6-7-16)15(21)20-11-17(12-20)13(5-10-23-17)4-9-22-14-3-1-2-8-19-14;3-2(4,5)1(6)7/h1-3,8,13H,4-7,9-12H2;(H,6,7). The maximum Gasteiger partial charge on any atom is 0.490 e. The SMILES string of the molecule is O=C(N1CC2(C1)OCCC2CCOc1ccccn1)C1(F)CC1.O=C(O)C(F)(F)F. The van der Waals surface area contributed by atoms with Crippen LogP contribution in [0, 0.1) is 5.92 Å². The summed E-state index contributed by atoms with van der Waals surface area (Å²) in [6.45, 7) is 2.32. The van der Waals surface area contributed by atoms with E-state index >= 15 is 0 Å². The fourth-order valence-electron chi connectivity index (χ4n) is 3.63. The number of carbonyl (C=O) groups excluding carboxylic acids is 1. The molecule has 1 aliphatic carbocycles. The second-order valence-electron chi connectivity index (χ2n) is 7.63. The van der Waals surface area contributed by atoms with Crippen LogP contribution in [0.25, 0.3) is 0 Å². The number of ether oxygens (including phenoxy) is 2. The lowest BCUT2D eigenvalue weighted by atomic mass is 9.79. The summed E-state index contributed by atoms with van der Waals surface area (Å²) in [5.41, 5.74) is -1.85. The highest BCUT2D eigenvalue weighted by Gasteiger charge is 2.60. The zero-order chi connectivity index (χ0) is 22.0. The summed E-state index contributed by atoms with van der Waals surface area (Å²) in [7, 11) is 0. The van der Waals surface area contributed by atoms with Gasteiger partial charge in [0.1, 0.15) is 5.60 Å². The van der Waals surface area contributed by atoms with Crippen LogP contribution in [0.4, 0.5) is 17.6 Å². The molecule has 1 N–H and O–H groups in total. The van der Waals surface area contributed by atoms with E-state index in [1.165, 1.54) is 0 Å². The van der Waals surface area contributed by atoms with Crippen LogP contribution in [0.3, 0.4) is 0 Å². The number of carboxylic acids is 1. The van der Waals surface area contributed by atoms with Crippen LogP contribution in [-0.4, -0.2) is 70.6 Å². The normalized spacial score (nSPS) is 23.2. The van der Waals surface area contributed by atoms with Crippen molar-refractivity contribution in [1.82, 2.24) is 9.88 Å². The van der Waals surface area contributed by atoms with Crippen LogP contribution in [0.5, 0.6) is 5.88 Å². The molecule has 0 aromatic carbocycles. The van der Waals surface area contributed by atoms with Gasteiger partial charge in [0.15, 0.2) is 5.67 Å². The Morgan fingerprint density at radius 1 is 1.30 bits per heavy atom. The third kappa shape index (κ3) is 5.00. The molecule has 1 amide bonds. The van der Waals surface area contributed by atoms with Gasteiger partial charge in [0.2, 0.25) is 5.88 Å². The van der Waals surface area contributed by atoms with Gasteiger partial charge >= 0.3 is 12.1 Å². The number of pyridine rings is 1. The third-order valence-corrected chi connectivity index (χ3v) is 5.47. The Morgan fingerprint density at radius 2 is 1.97 bits per heavy atom. The van der Waals surface area contributed by atoms with Crippen molar-refractivity contribution < 1.29 is 41.7 Å². The fourth-order valence-corrected chi connectivity index (χ4v) is 3.63. The van der Waals surface area contributed by atoms with Crippen molar-refractivity contribution in [1.29, 1.82) is 0 Å². The van der Waals surface area contributed by atoms with Crippen molar-refractivity contribution in [3.63, 3.8) is 0 Å². The van der Waals surface area contributed by atoms with E-state index in [1.807, 2.05) is 18.2 Å². The number of alkyl halides is 4. The molecule has 0 bridgehead atoms. The van der Waals surface area contributed by atoms with E-state index in [0.29, 0.717) is 50.9 Å². The largest absolute Gasteiger partial charge is 0.490 e. The predicted molar refractivity (Wildman–Crippen MR) is 94.5 cm³/mol. The lowest BCUT2D eigenvalue weighted by Crippen LogP contribution is -2.67. The summed E-state index contributed by atoms with van der Waals surface area (Å²) >= 11 is 0. The maximum atomic E-state index is 13.9. The number of likely N-dealkylation sites (tertiary alicyclic amines) is 1. The Labute approximate surface area is 170 Å². The molecule has 2 saturated heterocycles. The monoisotopic (exact) mass is 434 g/mol. The average Bonchev–Trinajstić information content (AvgIpc) is 3.27. The Morgan fingerprint density at radius 3 is 2.50 bits per heavy atom. The minimum Gasteiger partial charge on any atom is -0.478 e. The van der Waals surface area contributed by atoms with E-state index in [9.17, 15) is 22.4 Å². The zero-order valence-electron chi connectivity index (χ0n) is 16.0. The molecular weight excluding hydrogens is 412 g/mol. The smallest absolute Gasteiger partial charge is 0.478 e. The fraction of sp³-hybridized carbons (Fsp3) is 0.632. The number of aromatic nitrogens is 1. The molecule has 4 rings (SSSR count). The van der Waals surface area contributed by atoms with Crippen molar-refractivity contribution in [2.45, 2.75) is 43.1 Å². The van der Waals surface area contributed by atoms with Crippen LogP contribution in [0.1, 0.15) is 25.7 Å². The summed E-state index contributed by atoms with van der Waals surface area (Å²) in [4.78, 5) is 26.7. The van der Waals surface area contributed by atoms with Crippen LogP contribution < -0.4 is 4.74 Å². The third-order valence-electron chi connectivity index (χ3n) is 5.47. The second kappa shape index (κ2) is 8.37. The molecule has 7 nitrogen and oxygen atoms in total. The van der Waals surface area contributed by atoms with Gasteiger partial charge in [0.05, 0.1) is 19.7 Å². The highest BCUT2D eigenvalue weighted by molar-refractivity contribution is 5.88. The Balaban J connectivity index is 0.000000318. The minimum absolute atomic E-state index is 0.283. The number of hydrogen-bond acceptors (Lipinski definition) is 5. The number of halogens is 4. The molecule has 1 aromatic rings. The van der Waals surface area contributed by atoms with Crippen LogP contribution in [0.15, 0.2) is 24.4 Å². The van der Waals surface area contributed by atoms with E-state index in [2.05, 4.69) is 4.98 Å². The first-order valence-electron chi connectivity index (χ1n) is 9.52. The molecule has 3 heterocycles. The molecule has 1 atom stereocenters. The maximum absolute atomic E-state index is 13.9. The molecule has 1 unspecified atom stereocenters. The van der Waals surface area contributed by atoms with Gasteiger partial charge in [0.25, 0.3) is 5.91 Å². The van der Waals surface area contributed by atoms with Gasteiger partial charge in [0, 0.05) is 18.9 Å². The van der Waals surface area contributed by atoms with Crippen LogP contribution >= 0.6 is 0 Å². The first kappa shape index (κ1) is 22.3. The molecule has 3 fully saturated rings. The van der Waals surface area contributed by atoms with Crippen LogP contribution in [0.2, 0.25) is 0 Å². The van der Waals surface area contributed by atoms with Crippen molar-refractivity contribution in [2.75, 3.05) is 26.3 Å². The highest BCUT2D eigenvalue weighted by Crippen LogP contribution is 2.47. The molecule has 1 saturated carbocycles. The number of amides is 1. The first-order chi connectivity index (χ1) is 14.1. The Hall–Kier alpha value is -2.43. The number of hydrogen-bond donors (Lipinski definition) is 1. The number of carbonyl (C=O) groups is 2. The topological polar surface area (TPSA) is 89.0 Å². The molecule has 11 heteroatoms. The lowest BCUT2D eigenvalue weighted by Gasteiger charge is -2.50. The molecule has 1 aromatic heterocycles. The molecule has 3 aliphatic rings. The van der Waals surface area contributed by atoms with Gasteiger partial charge in [-0.05, 0) is 37.7 Å². The van der Waals surface area contributed by atoms with Gasteiger partial charge < -0.3 is 19.5 Å². The van der Waals surface area contributed by atoms with E-state index in [-0.39, 0.29) is 11.5 Å². The van der Waals surface area contributed by atoms with Crippen molar-refractivity contribution in [3.8, 4) is 5.88 Å². The van der Waals surface area contributed by atoms with Gasteiger partial charge in [-0.25, -0.2) is 14.2 Å². The predicted octanol–water partition coefficient (Wildman–Crippen LogP) is 2.60. The summed E-state index contributed by atoms with van der Waals surface area (Å²) in [6, 6.07) is 5.58. The van der Waals surface area contributed by atoms with Gasteiger partial charge in [-0.3, -0.25) is 4.79 Å². The molecule has 1 spiro atoms. The molecule has 2 aliphatic heterocycles. The number of rotatable bonds is 5. The number of nitrogens with zero attached hydrogens (tertiary/aromatic N) is 2. The number of aliphatic carboxylic acids is 1. The van der Waals surface area contributed by atoms with Crippen molar-refractivity contribution >= 4 is 11.9 Å². The Bertz CT molecular complexity index is 764. The lowest BCUT2D eigenvalue weighted by molar-refractivity contribution is -0.192. The summed E-state index contributed by atoms with van der Waals surface area (Å²) in [5.74, 6) is -2.13. The summed E-state index contributed by atoms with van der Waals surface area (Å²) in [5, 5.41) is 7.12. The molecule has 30 heavy (non-hydrogen) atoms. The molecule has 166 valence electrons. The second-order valence-corrected chi connectivity index (χ2v) is 7.63. The van der Waals surface area contributed by atoms with E-state index in [4.69, 9.17) is 19.4 Å². The summed E-state index contributed by atoms with van der Waals surface area (Å²) in [6.07, 6.45) is -0.807. The van der Waals surface area contributed by atoms with E-state index in [1.54, 1.807) is 11.1 Å². The molecule has 0 radical (unpaired) electrons. The van der Waals surface area contributed by atoms with Crippen molar-refractivity contribution in [2.24, 2.45) is 5.92 Å². The molecular formula is C19H22F4N2O5. The van der Waals surface area contributed by atoms with Gasteiger partial charge in [-0.15, -0.1) is 0 Å². The van der Waals surface area contributed by atoms with Crippen molar-refractivity contribution in [3.05, 3.63) is 24.4 Å². The van der Waals surface area contributed by atoms with Gasteiger partial charge in [-0.2, -0.15) is 13.2 Å². The minimum atomic E-state index is -5.08. The zero-order valence-corrected chi connectivity index (χ0v) is 16.0. The van der Waals surface area contributed by atoms with Crippen LogP contribution in [-0.2, 0) is 14.3 Å². The summed E-state index contributed by atoms with van der Waals surface area (Å²) < 4.78 is 57.2. The highest BCUT2D eigenvalue weighted by atomic mass is 19.4. The van der Waals surface area contributed by atoms with E-state index < -0.39 is 17.8 Å². The number of carboxylic acid groups (broad SMARTS) is 1.